The zero-order valence-corrected chi connectivity index (χ0v) is 16.2. The number of carbonyl (C=O) groups is 1. The van der Waals surface area contributed by atoms with Gasteiger partial charge in [-0.1, -0.05) is 48.8 Å². The summed E-state index contributed by atoms with van der Waals surface area (Å²) in [5.74, 6) is -0.363. The van der Waals surface area contributed by atoms with Crippen LogP contribution in [0.5, 0.6) is 0 Å². The van der Waals surface area contributed by atoms with E-state index in [9.17, 15) is 13.2 Å². The van der Waals surface area contributed by atoms with Crippen LogP contribution in [0.3, 0.4) is 0 Å². The molecule has 0 N–H and O–H groups in total. The Hall–Kier alpha value is -0.760. The van der Waals surface area contributed by atoms with Crippen molar-refractivity contribution in [2.75, 3.05) is 16.4 Å². The first-order chi connectivity index (χ1) is 11.2. The van der Waals surface area contributed by atoms with E-state index < -0.39 is 9.84 Å². The monoisotopic (exact) mass is 406 g/mol. The first kappa shape index (κ1) is 18.0. The molecule has 0 aliphatic carbocycles. The van der Waals surface area contributed by atoms with Crippen molar-refractivity contribution in [2.24, 2.45) is 10.9 Å². The van der Waals surface area contributed by atoms with Crippen LogP contribution in [0.2, 0.25) is 10.0 Å². The number of carbonyl (C=O) groups excluding carboxylic acids is 1. The van der Waals surface area contributed by atoms with Crippen molar-refractivity contribution < 1.29 is 13.2 Å². The lowest BCUT2D eigenvalue weighted by Gasteiger charge is -2.25. The molecule has 0 unspecified atom stereocenters. The van der Waals surface area contributed by atoms with E-state index in [1.807, 2.05) is 0 Å². The van der Waals surface area contributed by atoms with Gasteiger partial charge in [-0.25, -0.2) is 8.42 Å². The smallest absolute Gasteiger partial charge is 0.250 e. The van der Waals surface area contributed by atoms with E-state index in [-0.39, 0.29) is 34.6 Å². The SMILES string of the molecule is CC(C)C(=O)N=C1S[C@H]2CS(=O)(=O)C[C@H]2N1c1ccc(Cl)cc1Cl. The molecule has 2 atom stereocenters. The van der Waals surface area contributed by atoms with Gasteiger partial charge in [0.2, 0.25) is 0 Å². The Balaban J connectivity index is 2.06. The number of nitrogens with zero attached hydrogens (tertiary/aromatic N) is 2. The van der Waals surface area contributed by atoms with Gasteiger partial charge in [0.15, 0.2) is 15.0 Å². The number of amidine groups is 1. The molecule has 2 saturated heterocycles. The summed E-state index contributed by atoms with van der Waals surface area (Å²) in [6.07, 6.45) is 0. The Labute approximate surface area is 155 Å². The second kappa shape index (κ2) is 6.52. The molecule has 1 amide bonds. The third kappa shape index (κ3) is 3.45. The molecule has 0 spiro atoms. The van der Waals surface area contributed by atoms with Crippen molar-refractivity contribution in [2.45, 2.75) is 25.1 Å². The number of benzene rings is 1. The summed E-state index contributed by atoms with van der Waals surface area (Å²) in [5.41, 5.74) is 0.619. The average molecular weight is 407 g/mol. The molecule has 1 aromatic rings. The van der Waals surface area contributed by atoms with Crippen LogP contribution in [0.4, 0.5) is 5.69 Å². The molecule has 3 rings (SSSR count). The highest BCUT2D eigenvalue weighted by Crippen LogP contribution is 2.43. The van der Waals surface area contributed by atoms with Gasteiger partial charge in [0.25, 0.3) is 5.91 Å². The normalized spacial score (nSPS) is 27.0. The van der Waals surface area contributed by atoms with Crippen LogP contribution in [0.1, 0.15) is 13.8 Å². The fourth-order valence-corrected chi connectivity index (χ4v) is 7.16. The standard InChI is InChI=1S/C15H16Cl2N2O3S2/c1-8(2)14(20)18-15-19(11-4-3-9(16)5-10(11)17)12-6-24(21,22)7-13(12)23-15/h3-5,8,12-13H,6-7H2,1-2H3/t12-,13+/m1/s1. The van der Waals surface area contributed by atoms with Crippen LogP contribution < -0.4 is 4.90 Å². The van der Waals surface area contributed by atoms with Crippen molar-refractivity contribution in [3.8, 4) is 0 Å². The average Bonchev–Trinajstić information content (AvgIpc) is 2.91. The van der Waals surface area contributed by atoms with Gasteiger partial charge in [-0.3, -0.25) is 4.79 Å². The highest BCUT2D eigenvalue weighted by atomic mass is 35.5. The first-order valence-electron chi connectivity index (χ1n) is 7.42. The Morgan fingerprint density at radius 1 is 1.33 bits per heavy atom. The van der Waals surface area contributed by atoms with Gasteiger partial charge in [0.1, 0.15) is 0 Å². The van der Waals surface area contributed by atoms with Crippen LogP contribution in [0, 0.1) is 5.92 Å². The summed E-state index contributed by atoms with van der Waals surface area (Å²) >= 11 is 13.6. The summed E-state index contributed by atoms with van der Waals surface area (Å²) < 4.78 is 24.0. The van der Waals surface area contributed by atoms with Crippen LogP contribution >= 0.6 is 35.0 Å². The number of aliphatic imine (C=N–C) groups is 1. The maximum Gasteiger partial charge on any atom is 0.250 e. The zero-order valence-electron chi connectivity index (χ0n) is 13.1. The second-order valence-corrected chi connectivity index (χ2v) is 10.4. The van der Waals surface area contributed by atoms with Crippen molar-refractivity contribution in [3.05, 3.63) is 28.2 Å². The van der Waals surface area contributed by atoms with Crippen molar-refractivity contribution >= 4 is 61.6 Å². The fourth-order valence-electron chi connectivity index (χ4n) is 2.75. The number of halogens is 2. The maximum absolute atomic E-state index is 12.1. The Morgan fingerprint density at radius 2 is 2.04 bits per heavy atom. The molecule has 2 heterocycles. The Bertz CT molecular complexity index is 824. The molecule has 0 bridgehead atoms. The van der Waals surface area contributed by atoms with Gasteiger partial charge in [-0.2, -0.15) is 4.99 Å². The maximum atomic E-state index is 12.1. The van der Waals surface area contributed by atoms with E-state index in [0.717, 1.165) is 0 Å². The number of fused-ring (bicyclic) bond motifs is 1. The van der Waals surface area contributed by atoms with E-state index in [2.05, 4.69) is 4.99 Å². The van der Waals surface area contributed by atoms with Gasteiger partial charge >= 0.3 is 0 Å². The van der Waals surface area contributed by atoms with Gasteiger partial charge in [-0.05, 0) is 18.2 Å². The van der Waals surface area contributed by atoms with Gasteiger partial charge in [-0.15, -0.1) is 0 Å². The molecule has 130 valence electrons. The van der Waals surface area contributed by atoms with E-state index in [4.69, 9.17) is 23.2 Å². The molecule has 0 radical (unpaired) electrons. The summed E-state index contributed by atoms with van der Waals surface area (Å²) in [6.45, 7) is 3.55. The Kier molecular flexibility index (Phi) is 4.90. The van der Waals surface area contributed by atoms with Gasteiger partial charge in [0, 0.05) is 16.2 Å². The minimum atomic E-state index is -3.11. The zero-order chi connectivity index (χ0) is 17.6. The molecule has 0 saturated carbocycles. The van der Waals surface area contributed by atoms with Crippen LogP contribution in [-0.2, 0) is 14.6 Å². The predicted octanol–water partition coefficient (Wildman–Crippen LogP) is 3.25. The third-order valence-corrected chi connectivity index (χ3v) is 7.68. The molecular weight excluding hydrogens is 391 g/mol. The number of hydrogen-bond donors (Lipinski definition) is 0. The molecule has 5 nitrogen and oxygen atoms in total. The van der Waals surface area contributed by atoms with Crippen molar-refractivity contribution in [1.82, 2.24) is 0 Å². The number of amides is 1. The summed E-state index contributed by atoms with van der Waals surface area (Å²) in [6, 6.07) is 4.74. The van der Waals surface area contributed by atoms with Gasteiger partial charge in [0.05, 0.1) is 28.3 Å². The number of thioether (sulfide) groups is 1. The van der Waals surface area contributed by atoms with Crippen molar-refractivity contribution in [3.63, 3.8) is 0 Å². The topological polar surface area (TPSA) is 66.8 Å². The highest BCUT2D eigenvalue weighted by Gasteiger charge is 2.49. The highest BCUT2D eigenvalue weighted by molar-refractivity contribution is 8.16. The molecule has 24 heavy (non-hydrogen) atoms. The predicted molar refractivity (Wildman–Crippen MR) is 100 cm³/mol. The number of anilines is 1. The largest absolute Gasteiger partial charge is 0.314 e. The summed E-state index contributed by atoms with van der Waals surface area (Å²) in [5, 5.41) is 1.24. The van der Waals surface area contributed by atoms with Crippen LogP contribution in [0.15, 0.2) is 23.2 Å². The minimum absolute atomic E-state index is 0.0263. The lowest BCUT2D eigenvalue weighted by molar-refractivity contribution is -0.120. The van der Waals surface area contributed by atoms with E-state index in [1.54, 1.807) is 36.9 Å². The van der Waals surface area contributed by atoms with E-state index in [0.29, 0.717) is 20.9 Å². The minimum Gasteiger partial charge on any atom is -0.314 e. The summed E-state index contributed by atoms with van der Waals surface area (Å²) in [4.78, 5) is 18.0. The quantitative estimate of drug-likeness (QED) is 0.753. The molecule has 2 aliphatic heterocycles. The van der Waals surface area contributed by atoms with E-state index >= 15 is 0 Å². The van der Waals surface area contributed by atoms with Crippen molar-refractivity contribution in [1.29, 1.82) is 0 Å². The molecule has 0 aromatic heterocycles. The number of rotatable bonds is 2. The first-order valence-corrected chi connectivity index (χ1v) is 10.9. The van der Waals surface area contributed by atoms with E-state index in [1.165, 1.54) is 11.8 Å². The summed E-state index contributed by atoms with van der Waals surface area (Å²) in [7, 11) is -3.11. The second-order valence-electron chi connectivity index (χ2n) is 6.15. The molecule has 2 fully saturated rings. The molecular formula is C15H16Cl2N2O3S2. The van der Waals surface area contributed by atoms with Crippen LogP contribution in [0.25, 0.3) is 0 Å². The van der Waals surface area contributed by atoms with Crippen LogP contribution in [-0.4, -0.2) is 42.3 Å². The Morgan fingerprint density at radius 3 is 2.67 bits per heavy atom. The third-order valence-electron chi connectivity index (χ3n) is 3.94. The molecule has 2 aliphatic rings. The number of sulfone groups is 1. The number of hydrogen-bond acceptors (Lipinski definition) is 4. The van der Waals surface area contributed by atoms with Gasteiger partial charge < -0.3 is 4.90 Å². The lowest BCUT2D eigenvalue weighted by Crippen LogP contribution is -2.38. The fraction of sp³-hybridized carbons (Fsp3) is 0.467. The molecule has 9 heteroatoms. The lowest BCUT2D eigenvalue weighted by atomic mass is 10.2. The molecule has 1 aromatic carbocycles.